The van der Waals surface area contributed by atoms with Gasteiger partial charge in [-0.25, -0.2) is 13.1 Å². The Morgan fingerprint density at radius 1 is 1.40 bits per heavy atom. The van der Waals surface area contributed by atoms with Crippen molar-refractivity contribution in [1.29, 1.82) is 0 Å². The second-order valence-electron chi connectivity index (χ2n) is 2.72. The van der Waals surface area contributed by atoms with Crippen LogP contribution in [-0.2, 0) is 14.8 Å². The number of nitrogens with zero attached hydrogens (tertiary/aromatic N) is 1. The van der Waals surface area contributed by atoms with Crippen LogP contribution in [-0.4, -0.2) is 37.4 Å². The molecule has 0 aliphatic heterocycles. The first kappa shape index (κ1) is 14.1. The van der Waals surface area contributed by atoms with Crippen LogP contribution >= 0.6 is 0 Å². The molecule has 1 amide bonds. The molecule has 0 aliphatic rings. The van der Waals surface area contributed by atoms with Crippen LogP contribution in [0, 0.1) is 0 Å². The summed E-state index contributed by atoms with van der Waals surface area (Å²) in [5, 5.41) is -4.65. The summed E-state index contributed by atoms with van der Waals surface area (Å²) in [6, 6.07) is 0. The minimum Gasteiger partial charge on any atom is -0.274 e. The molecular formula is C6H9F4NO3S. The van der Waals surface area contributed by atoms with E-state index in [4.69, 9.17) is 0 Å². The maximum atomic E-state index is 12.8. The molecule has 4 nitrogen and oxygen atoms in total. The molecule has 0 unspecified atom stereocenters. The lowest BCUT2D eigenvalue weighted by molar-refractivity contribution is -0.123. The molecule has 0 aromatic rings. The topological polar surface area (TPSA) is 54.5 Å². The van der Waals surface area contributed by atoms with E-state index in [2.05, 4.69) is 0 Å². The van der Waals surface area contributed by atoms with E-state index in [9.17, 15) is 30.8 Å². The summed E-state index contributed by atoms with van der Waals surface area (Å²) in [6.45, 7) is 0.732. The molecule has 0 bridgehead atoms. The molecule has 0 spiro atoms. The van der Waals surface area contributed by atoms with Gasteiger partial charge in [0.15, 0.2) is 0 Å². The van der Waals surface area contributed by atoms with Gasteiger partial charge >= 0.3 is 15.3 Å². The van der Waals surface area contributed by atoms with E-state index in [1.807, 2.05) is 0 Å². The fourth-order valence-electron chi connectivity index (χ4n) is 0.655. The molecule has 0 rings (SSSR count). The highest BCUT2D eigenvalue weighted by atomic mass is 32.2. The smallest absolute Gasteiger partial charge is 0.274 e. The molecule has 9 heteroatoms. The van der Waals surface area contributed by atoms with Crippen molar-refractivity contribution in [2.75, 3.05) is 7.05 Å². The summed E-state index contributed by atoms with van der Waals surface area (Å²) in [7, 11) is -4.78. The van der Waals surface area contributed by atoms with E-state index >= 15 is 0 Å². The van der Waals surface area contributed by atoms with Crippen molar-refractivity contribution in [1.82, 2.24) is 4.31 Å². The summed E-state index contributed by atoms with van der Waals surface area (Å²) >= 11 is 0. The molecule has 0 radical (unpaired) electrons. The quantitative estimate of drug-likeness (QED) is 0.701. The second kappa shape index (κ2) is 4.33. The Bertz CT molecular complexity index is 340. The van der Waals surface area contributed by atoms with Gasteiger partial charge in [0.2, 0.25) is 12.3 Å². The zero-order chi connectivity index (χ0) is 12.4. The van der Waals surface area contributed by atoms with E-state index in [-0.39, 0.29) is 4.31 Å². The minimum absolute atomic E-state index is 0.255. The molecule has 0 aromatic carbocycles. The van der Waals surface area contributed by atoms with Gasteiger partial charge in [-0.2, -0.15) is 17.2 Å². The maximum absolute atomic E-state index is 12.8. The fourth-order valence-corrected chi connectivity index (χ4v) is 1.73. The summed E-state index contributed by atoms with van der Waals surface area (Å²) < 4.78 is 70.6. The Kier molecular flexibility index (Phi) is 4.08. The number of amides is 1. The average Bonchev–Trinajstić information content (AvgIpc) is 1.99. The largest absolute Gasteiger partial charge is 0.369 e. The van der Waals surface area contributed by atoms with Gasteiger partial charge in [0, 0.05) is 14.0 Å². The number of carbonyl (C=O) groups excluding carboxylic acids is 1. The summed E-state index contributed by atoms with van der Waals surface area (Å²) in [5.74, 6) is -1.18. The van der Waals surface area contributed by atoms with E-state index < -0.39 is 34.0 Å². The number of sulfonamides is 1. The lowest BCUT2D eigenvalue weighted by Crippen LogP contribution is -2.44. The van der Waals surface area contributed by atoms with Crippen LogP contribution in [0.1, 0.15) is 13.3 Å². The van der Waals surface area contributed by atoms with Crippen molar-refractivity contribution in [3.8, 4) is 0 Å². The van der Waals surface area contributed by atoms with E-state index in [1.54, 1.807) is 0 Å². The predicted molar refractivity (Wildman–Crippen MR) is 42.9 cm³/mol. The molecule has 15 heavy (non-hydrogen) atoms. The monoisotopic (exact) mass is 251 g/mol. The van der Waals surface area contributed by atoms with Crippen LogP contribution in [0.5, 0.6) is 0 Å². The van der Waals surface area contributed by atoms with Crippen molar-refractivity contribution < 1.29 is 30.8 Å². The van der Waals surface area contributed by atoms with Gasteiger partial charge in [-0.1, -0.05) is 0 Å². The molecule has 0 atom stereocenters. The lowest BCUT2D eigenvalue weighted by atomic mass is 10.5. The number of carbonyl (C=O) groups is 1. The lowest BCUT2D eigenvalue weighted by Gasteiger charge is -2.22. The summed E-state index contributed by atoms with van der Waals surface area (Å²) in [4.78, 5) is 10.5. The molecule has 0 aromatic heterocycles. The van der Waals surface area contributed by atoms with Gasteiger partial charge < -0.3 is 0 Å². The van der Waals surface area contributed by atoms with Crippen LogP contribution in [0.4, 0.5) is 17.6 Å². The van der Waals surface area contributed by atoms with Crippen molar-refractivity contribution in [2.24, 2.45) is 0 Å². The van der Waals surface area contributed by atoms with Gasteiger partial charge in [0.05, 0.1) is 6.42 Å². The maximum Gasteiger partial charge on any atom is 0.369 e. The van der Waals surface area contributed by atoms with Crippen molar-refractivity contribution >= 4 is 15.9 Å². The molecule has 0 saturated carbocycles. The third kappa shape index (κ3) is 3.05. The van der Waals surface area contributed by atoms with E-state index in [0.29, 0.717) is 7.05 Å². The molecule has 90 valence electrons. The average molecular weight is 251 g/mol. The number of halogens is 4. The van der Waals surface area contributed by atoms with Crippen LogP contribution in [0.2, 0.25) is 0 Å². The number of hydrogen-bond donors (Lipinski definition) is 0. The zero-order valence-electron chi connectivity index (χ0n) is 7.88. The van der Waals surface area contributed by atoms with Crippen LogP contribution in [0.15, 0.2) is 0 Å². The molecule has 0 heterocycles. The van der Waals surface area contributed by atoms with Gasteiger partial charge in [0.25, 0.3) is 0 Å². The molecule has 0 fully saturated rings. The SMILES string of the molecule is CC(=O)N(C)S(=O)(=O)C(F)(F)CC(F)F. The predicted octanol–water partition coefficient (Wildman–Crippen LogP) is 1.04. The van der Waals surface area contributed by atoms with Gasteiger partial charge in [-0.3, -0.25) is 4.79 Å². The normalized spacial score (nSPS) is 13.0. The Balaban J connectivity index is 5.10. The first-order valence-electron chi connectivity index (χ1n) is 3.67. The Morgan fingerprint density at radius 2 is 1.80 bits per heavy atom. The first-order valence-corrected chi connectivity index (χ1v) is 5.11. The van der Waals surface area contributed by atoms with Crippen molar-refractivity contribution in [2.45, 2.75) is 25.0 Å². The number of rotatable bonds is 4. The van der Waals surface area contributed by atoms with Gasteiger partial charge in [-0.05, 0) is 0 Å². The highest BCUT2D eigenvalue weighted by molar-refractivity contribution is 7.90. The molecule has 0 aliphatic carbocycles. The Hall–Kier alpha value is -0.860. The summed E-state index contributed by atoms with van der Waals surface area (Å²) in [5.41, 5.74) is 0. The molecule has 0 saturated heterocycles. The number of hydrogen-bond acceptors (Lipinski definition) is 3. The highest BCUT2D eigenvalue weighted by Gasteiger charge is 2.50. The van der Waals surface area contributed by atoms with E-state index in [1.165, 1.54) is 0 Å². The van der Waals surface area contributed by atoms with Gasteiger partial charge in [-0.15, -0.1) is 0 Å². The van der Waals surface area contributed by atoms with Crippen molar-refractivity contribution in [3.63, 3.8) is 0 Å². The summed E-state index contributed by atoms with van der Waals surface area (Å²) in [6.07, 6.45) is -5.61. The molecule has 0 N–H and O–H groups in total. The van der Waals surface area contributed by atoms with Crippen molar-refractivity contribution in [3.05, 3.63) is 0 Å². The highest BCUT2D eigenvalue weighted by Crippen LogP contribution is 2.31. The third-order valence-electron chi connectivity index (χ3n) is 1.57. The van der Waals surface area contributed by atoms with Crippen LogP contribution in [0.3, 0.4) is 0 Å². The zero-order valence-corrected chi connectivity index (χ0v) is 8.69. The minimum atomic E-state index is -5.36. The van der Waals surface area contributed by atoms with Gasteiger partial charge in [0.1, 0.15) is 0 Å². The Morgan fingerprint density at radius 3 is 2.07 bits per heavy atom. The molecular weight excluding hydrogens is 242 g/mol. The van der Waals surface area contributed by atoms with E-state index in [0.717, 1.165) is 6.92 Å². The number of alkyl halides is 4. The standard InChI is InChI=1S/C6H9F4NO3S/c1-4(12)11(2)15(13,14)6(9,10)3-5(7)8/h5H,3H2,1-2H3. The third-order valence-corrected chi connectivity index (χ3v) is 3.47. The Labute approximate surface area is 83.9 Å². The van der Waals surface area contributed by atoms with Crippen LogP contribution < -0.4 is 0 Å². The first-order chi connectivity index (χ1) is 6.52. The van der Waals surface area contributed by atoms with Crippen LogP contribution in [0.25, 0.3) is 0 Å². The fraction of sp³-hybridized carbons (Fsp3) is 0.833. The second-order valence-corrected chi connectivity index (χ2v) is 4.82.